The number of thiocarbonyl (C=S) groups is 1. The second-order valence-corrected chi connectivity index (χ2v) is 5.63. The van der Waals surface area contributed by atoms with Crippen LogP contribution in [0.3, 0.4) is 0 Å². The van der Waals surface area contributed by atoms with Crippen molar-refractivity contribution in [3.63, 3.8) is 0 Å². The van der Waals surface area contributed by atoms with Crippen molar-refractivity contribution in [1.29, 1.82) is 0 Å². The molecule has 17 heavy (non-hydrogen) atoms. The molecule has 0 aromatic heterocycles. The van der Waals surface area contributed by atoms with Gasteiger partial charge in [0.15, 0.2) is 0 Å². The predicted octanol–water partition coefficient (Wildman–Crippen LogP) is 1.08. The lowest BCUT2D eigenvalue weighted by Crippen LogP contribution is -2.47. The summed E-state index contributed by atoms with van der Waals surface area (Å²) in [5, 5.41) is 0. The van der Waals surface area contributed by atoms with Gasteiger partial charge >= 0.3 is 0 Å². The van der Waals surface area contributed by atoms with Crippen LogP contribution in [0.1, 0.15) is 33.1 Å². The molecule has 1 saturated heterocycles. The molecule has 2 N–H and O–H groups in total. The number of carbonyl (C=O) groups is 2. The first-order chi connectivity index (χ1) is 7.97. The number of hydrogen-bond donors (Lipinski definition) is 1. The highest BCUT2D eigenvalue weighted by Crippen LogP contribution is 2.43. The van der Waals surface area contributed by atoms with Crippen LogP contribution >= 0.6 is 12.2 Å². The number of nitrogens with two attached hydrogens (primary N) is 1. The first-order valence-electron chi connectivity index (χ1n) is 6.13. The van der Waals surface area contributed by atoms with Crippen LogP contribution in [0.2, 0.25) is 0 Å². The van der Waals surface area contributed by atoms with E-state index in [-0.39, 0.29) is 28.6 Å². The number of likely N-dealkylation sites (tertiary alicyclic amines) is 1. The summed E-state index contributed by atoms with van der Waals surface area (Å²) in [5.74, 6) is 0.0831. The van der Waals surface area contributed by atoms with Gasteiger partial charge in [0.2, 0.25) is 11.8 Å². The summed E-state index contributed by atoms with van der Waals surface area (Å²) in [6, 6.07) is -0.397. The van der Waals surface area contributed by atoms with Crippen LogP contribution in [-0.4, -0.2) is 27.7 Å². The van der Waals surface area contributed by atoms with Crippen molar-refractivity contribution >= 4 is 29.0 Å². The summed E-state index contributed by atoms with van der Waals surface area (Å²) >= 11 is 4.95. The molecule has 4 nitrogen and oxygen atoms in total. The number of imide groups is 1. The maximum absolute atomic E-state index is 12.2. The third-order valence-electron chi connectivity index (χ3n) is 3.93. The Morgan fingerprint density at radius 3 is 2.24 bits per heavy atom. The van der Waals surface area contributed by atoms with Crippen LogP contribution in [0.5, 0.6) is 0 Å². The zero-order valence-corrected chi connectivity index (χ0v) is 11.0. The molecule has 0 aromatic carbocycles. The Bertz CT molecular complexity index is 359. The number of carbonyl (C=O) groups excluding carboxylic acids is 2. The van der Waals surface area contributed by atoms with Crippen molar-refractivity contribution in [1.82, 2.24) is 4.90 Å². The summed E-state index contributed by atoms with van der Waals surface area (Å²) in [6.45, 7) is 3.98. The van der Waals surface area contributed by atoms with Gasteiger partial charge in [-0.25, -0.2) is 0 Å². The van der Waals surface area contributed by atoms with Gasteiger partial charge in [-0.15, -0.1) is 0 Å². The third-order valence-corrected chi connectivity index (χ3v) is 4.21. The number of rotatable bonds is 3. The summed E-state index contributed by atoms with van der Waals surface area (Å²) in [7, 11) is 0. The molecule has 0 aromatic rings. The standard InChI is InChI=1S/C12H18N2O2S/c1-3-9(10(13)17)14-11(15)7-4-6(2)5-8(7)12(14)16/h6-9H,3-5H2,1-2H3,(H2,13,17). The molecule has 1 aliphatic carbocycles. The normalized spacial score (nSPS) is 34.0. The Balaban J connectivity index is 2.25. The van der Waals surface area contributed by atoms with Gasteiger partial charge in [0.25, 0.3) is 0 Å². The Labute approximate surface area is 107 Å². The molecule has 5 heteroatoms. The van der Waals surface area contributed by atoms with E-state index in [4.69, 9.17) is 18.0 Å². The van der Waals surface area contributed by atoms with E-state index in [1.165, 1.54) is 4.90 Å². The van der Waals surface area contributed by atoms with E-state index in [9.17, 15) is 9.59 Å². The van der Waals surface area contributed by atoms with E-state index < -0.39 is 6.04 Å². The molecular formula is C12H18N2O2S. The van der Waals surface area contributed by atoms with Gasteiger partial charge < -0.3 is 5.73 Å². The van der Waals surface area contributed by atoms with Crippen molar-refractivity contribution in [3.8, 4) is 0 Å². The van der Waals surface area contributed by atoms with Gasteiger partial charge in [-0.3, -0.25) is 14.5 Å². The highest BCUT2D eigenvalue weighted by molar-refractivity contribution is 7.80. The number of nitrogens with zero attached hydrogens (tertiary/aromatic N) is 1. The molecule has 0 bridgehead atoms. The molecule has 3 atom stereocenters. The van der Waals surface area contributed by atoms with Gasteiger partial charge in [0.05, 0.1) is 22.9 Å². The molecule has 94 valence electrons. The van der Waals surface area contributed by atoms with Gasteiger partial charge in [-0.1, -0.05) is 26.1 Å². The SMILES string of the molecule is CCC(C(N)=S)N1C(=O)C2CC(C)CC2C1=O. The smallest absolute Gasteiger partial charge is 0.233 e. The molecule has 2 rings (SSSR count). The lowest BCUT2D eigenvalue weighted by atomic mass is 10.00. The molecule has 3 unspecified atom stereocenters. The fraction of sp³-hybridized carbons (Fsp3) is 0.750. The monoisotopic (exact) mass is 254 g/mol. The predicted molar refractivity (Wildman–Crippen MR) is 68.1 cm³/mol. The zero-order valence-electron chi connectivity index (χ0n) is 10.2. The van der Waals surface area contributed by atoms with E-state index in [0.29, 0.717) is 12.3 Å². The average molecular weight is 254 g/mol. The van der Waals surface area contributed by atoms with Crippen LogP contribution in [0.4, 0.5) is 0 Å². The molecule has 2 fully saturated rings. The number of hydrogen-bond acceptors (Lipinski definition) is 3. The summed E-state index contributed by atoms with van der Waals surface area (Å²) in [5.41, 5.74) is 5.61. The van der Waals surface area contributed by atoms with Crippen LogP contribution in [0.25, 0.3) is 0 Å². The highest BCUT2D eigenvalue weighted by atomic mass is 32.1. The van der Waals surface area contributed by atoms with Crippen LogP contribution in [0.15, 0.2) is 0 Å². The lowest BCUT2D eigenvalue weighted by molar-refractivity contribution is -0.141. The summed E-state index contributed by atoms with van der Waals surface area (Å²) < 4.78 is 0. The van der Waals surface area contributed by atoms with Gasteiger partial charge in [0.1, 0.15) is 0 Å². The van der Waals surface area contributed by atoms with Crippen LogP contribution in [-0.2, 0) is 9.59 Å². The minimum atomic E-state index is -0.397. The minimum Gasteiger partial charge on any atom is -0.392 e. The summed E-state index contributed by atoms with van der Waals surface area (Å²) in [4.78, 5) is 26.0. The largest absolute Gasteiger partial charge is 0.392 e. The van der Waals surface area contributed by atoms with Crippen molar-refractivity contribution in [2.24, 2.45) is 23.5 Å². The van der Waals surface area contributed by atoms with Gasteiger partial charge in [0, 0.05) is 0 Å². The van der Waals surface area contributed by atoms with E-state index in [0.717, 1.165) is 12.8 Å². The van der Waals surface area contributed by atoms with E-state index in [1.807, 2.05) is 6.92 Å². The highest BCUT2D eigenvalue weighted by Gasteiger charge is 2.53. The molecule has 1 aliphatic heterocycles. The zero-order chi connectivity index (χ0) is 12.7. The number of fused-ring (bicyclic) bond motifs is 1. The second-order valence-electron chi connectivity index (χ2n) is 5.16. The fourth-order valence-corrected chi connectivity index (χ4v) is 3.39. The molecule has 0 spiro atoms. The van der Waals surface area contributed by atoms with Crippen molar-refractivity contribution in [2.75, 3.05) is 0 Å². The average Bonchev–Trinajstić information content (AvgIpc) is 2.73. The second kappa shape index (κ2) is 4.37. The summed E-state index contributed by atoms with van der Waals surface area (Å²) in [6.07, 6.45) is 2.24. The van der Waals surface area contributed by atoms with E-state index in [1.54, 1.807) is 0 Å². The quantitative estimate of drug-likeness (QED) is 0.605. The minimum absolute atomic E-state index is 0.0657. The molecule has 1 saturated carbocycles. The lowest BCUT2D eigenvalue weighted by Gasteiger charge is -2.25. The first kappa shape index (κ1) is 12.5. The molecule has 1 heterocycles. The van der Waals surface area contributed by atoms with Crippen molar-refractivity contribution in [3.05, 3.63) is 0 Å². The molecule has 0 radical (unpaired) electrons. The Hall–Kier alpha value is -0.970. The number of amides is 2. The van der Waals surface area contributed by atoms with E-state index >= 15 is 0 Å². The van der Waals surface area contributed by atoms with Crippen molar-refractivity contribution < 1.29 is 9.59 Å². The van der Waals surface area contributed by atoms with Crippen LogP contribution < -0.4 is 5.73 Å². The Morgan fingerprint density at radius 1 is 1.41 bits per heavy atom. The topological polar surface area (TPSA) is 63.4 Å². The van der Waals surface area contributed by atoms with Gasteiger partial charge in [-0.2, -0.15) is 0 Å². The Morgan fingerprint density at radius 2 is 1.88 bits per heavy atom. The Kier molecular flexibility index (Phi) is 3.21. The fourth-order valence-electron chi connectivity index (χ4n) is 3.12. The molecule has 2 aliphatic rings. The van der Waals surface area contributed by atoms with Crippen LogP contribution in [0, 0.1) is 17.8 Å². The van der Waals surface area contributed by atoms with E-state index in [2.05, 4.69) is 6.92 Å². The first-order valence-corrected chi connectivity index (χ1v) is 6.54. The maximum Gasteiger partial charge on any atom is 0.233 e. The third kappa shape index (κ3) is 1.86. The molecular weight excluding hydrogens is 236 g/mol. The van der Waals surface area contributed by atoms with Crippen molar-refractivity contribution in [2.45, 2.75) is 39.2 Å². The molecule has 2 amide bonds. The maximum atomic E-state index is 12.2. The van der Waals surface area contributed by atoms with Gasteiger partial charge in [-0.05, 0) is 25.2 Å².